The zero-order valence-electron chi connectivity index (χ0n) is 5.94. The van der Waals surface area contributed by atoms with Crippen molar-refractivity contribution in [1.29, 1.82) is 0 Å². The van der Waals surface area contributed by atoms with Gasteiger partial charge >= 0.3 is 0 Å². The van der Waals surface area contributed by atoms with Crippen LogP contribution >= 0.6 is 0 Å². The molecule has 0 amide bonds. The van der Waals surface area contributed by atoms with E-state index in [2.05, 4.69) is 24.0 Å². The summed E-state index contributed by atoms with van der Waals surface area (Å²) in [5, 5.41) is 0. The lowest BCUT2D eigenvalue weighted by atomic mass is 9.95. The molecule has 1 radical (unpaired) electrons. The van der Waals surface area contributed by atoms with E-state index in [0.717, 1.165) is 6.42 Å². The predicted molar refractivity (Wildman–Crippen MR) is 39.6 cm³/mol. The van der Waals surface area contributed by atoms with Crippen LogP contribution < -0.4 is 0 Å². The third kappa shape index (κ3) is 1.93. The zero-order chi connectivity index (χ0) is 6.69. The Labute approximate surface area is 57.0 Å². The van der Waals surface area contributed by atoms with Crippen molar-refractivity contribution in [3.63, 3.8) is 0 Å². The topological polar surface area (TPSA) is 0 Å². The van der Waals surface area contributed by atoms with Crippen molar-refractivity contribution < 1.29 is 0 Å². The van der Waals surface area contributed by atoms with Crippen molar-refractivity contribution in [3.8, 4) is 11.8 Å². The fourth-order valence-electron chi connectivity index (χ4n) is 0.616. The number of allylic oxidation sites excluding steroid dienone is 2. The Morgan fingerprint density at radius 3 is 2.56 bits per heavy atom. The maximum atomic E-state index is 3.14. The molecule has 0 heterocycles. The van der Waals surface area contributed by atoms with E-state index in [1.54, 1.807) is 0 Å². The van der Waals surface area contributed by atoms with Gasteiger partial charge in [0.25, 0.3) is 0 Å². The van der Waals surface area contributed by atoms with Gasteiger partial charge in [-0.2, -0.15) is 0 Å². The normalized spacial score (nSPS) is 22.8. The first-order chi connectivity index (χ1) is 4.29. The van der Waals surface area contributed by atoms with Crippen LogP contribution in [0.15, 0.2) is 12.2 Å². The van der Waals surface area contributed by atoms with Gasteiger partial charge in [0.15, 0.2) is 0 Å². The highest BCUT2D eigenvalue weighted by molar-refractivity contribution is 5.25. The Bertz CT molecular complexity index is 164. The van der Waals surface area contributed by atoms with Crippen molar-refractivity contribution in [1.82, 2.24) is 0 Å². The third-order valence-corrected chi connectivity index (χ3v) is 1.27. The summed E-state index contributed by atoms with van der Waals surface area (Å²) in [6.07, 6.45) is 5.46. The quantitative estimate of drug-likeness (QED) is 0.338. The van der Waals surface area contributed by atoms with Gasteiger partial charge in [0.2, 0.25) is 0 Å². The summed E-state index contributed by atoms with van der Waals surface area (Å²) in [5.74, 6) is 7.97. The van der Waals surface area contributed by atoms with Crippen molar-refractivity contribution in [2.75, 3.05) is 0 Å². The van der Waals surface area contributed by atoms with Gasteiger partial charge in [-0.05, 0) is 20.3 Å². The smallest absolute Gasteiger partial charge is 0.0418 e. The molecular weight excluding hydrogens is 108 g/mol. The Hall–Kier alpha value is -0.700. The highest BCUT2D eigenvalue weighted by Gasteiger charge is 2.04. The van der Waals surface area contributed by atoms with Gasteiger partial charge in [0.05, 0.1) is 0 Å². The summed E-state index contributed by atoms with van der Waals surface area (Å²) in [6.45, 7) is 4.07. The second-order valence-electron chi connectivity index (χ2n) is 2.54. The van der Waals surface area contributed by atoms with Crippen LogP contribution in [-0.4, -0.2) is 0 Å². The van der Waals surface area contributed by atoms with Crippen LogP contribution in [0, 0.1) is 23.7 Å². The van der Waals surface area contributed by atoms with E-state index in [1.165, 1.54) is 5.92 Å². The summed E-state index contributed by atoms with van der Waals surface area (Å²) >= 11 is 0. The van der Waals surface area contributed by atoms with E-state index in [9.17, 15) is 0 Å². The lowest BCUT2D eigenvalue weighted by molar-refractivity contribution is 0.786. The lowest BCUT2D eigenvalue weighted by Crippen LogP contribution is -1.98. The Balaban J connectivity index is 2.33. The second kappa shape index (κ2) is 2.73. The standard InChI is InChI=1S/C9H11/c1-8(2)6-7-9-4-3-5-9/h3-4,9H,5H2,1-2H3. The highest BCUT2D eigenvalue weighted by atomic mass is 14.1. The number of rotatable bonds is 0. The fourth-order valence-corrected chi connectivity index (χ4v) is 0.616. The maximum Gasteiger partial charge on any atom is 0.0418 e. The van der Waals surface area contributed by atoms with Gasteiger partial charge < -0.3 is 0 Å². The van der Waals surface area contributed by atoms with Crippen LogP contribution in [0.4, 0.5) is 0 Å². The van der Waals surface area contributed by atoms with Crippen LogP contribution in [0.3, 0.4) is 0 Å². The summed E-state index contributed by atoms with van der Waals surface area (Å²) in [5.41, 5.74) is 0. The molecule has 0 spiro atoms. The molecular formula is C9H11. The van der Waals surface area contributed by atoms with Gasteiger partial charge in [-0.25, -0.2) is 0 Å². The number of hydrogen-bond acceptors (Lipinski definition) is 0. The second-order valence-corrected chi connectivity index (χ2v) is 2.54. The SMILES string of the molecule is C[C](C)C#CC1C=CC1. The first kappa shape index (κ1) is 6.42. The molecule has 0 nitrogen and oxygen atoms in total. The van der Waals surface area contributed by atoms with Crippen LogP contribution in [-0.2, 0) is 0 Å². The molecule has 0 aromatic heterocycles. The predicted octanol–water partition coefficient (Wildman–Crippen LogP) is 2.18. The van der Waals surface area contributed by atoms with E-state index in [0.29, 0.717) is 5.92 Å². The van der Waals surface area contributed by atoms with Crippen LogP contribution in [0.2, 0.25) is 0 Å². The third-order valence-electron chi connectivity index (χ3n) is 1.27. The molecule has 1 aliphatic rings. The first-order valence-electron chi connectivity index (χ1n) is 3.27. The minimum atomic E-state index is 0.555. The van der Waals surface area contributed by atoms with Crippen LogP contribution in [0.1, 0.15) is 20.3 Å². The largest absolute Gasteiger partial charge is 0.0949 e. The van der Waals surface area contributed by atoms with E-state index < -0.39 is 0 Å². The molecule has 0 saturated heterocycles. The Kier molecular flexibility index (Phi) is 1.95. The van der Waals surface area contributed by atoms with Crippen LogP contribution in [0.25, 0.3) is 0 Å². The van der Waals surface area contributed by atoms with E-state index >= 15 is 0 Å². The average Bonchev–Trinajstić information content (AvgIpc) is 1.60. The molecule has 0 fully saturated rings. The van der Waals surface area contributed by atoms with Crippen molar-refractivity contribution in [3.05, 3.63) is 18.1 Å². The molecule has 0 aromatic carbocycles. The molecule has 0 aliphatic heterocycles. The van der Waals surface area contributed by atoms with Crippen LogP contribution in [0.5, 0.6) is 0 Å². The molecule has 0 bridgehead atoms. The number of hydrogen-bond donors (Lipinski definition) is 0. The minimum absolute atomic E-state index is 0.555. The average molecular weight is 119 g/mol. The monoisotopic (exact) mass is 119 g/mol. The van der Waals surface area contributed by atoms with Crippen molar-refractivity contribution in [2.24, 2.45) is 5.92 Å². The summed E-state index contributed by atoms with van der Waals surface area (Å²) < 4.78 is 0. The van der Waals surface area contributed by atoms with Crippen molar-refractivity contribution in [2.45, 2.75) is 20.3 Å². The van der Waals surface area contributed by atoms with E-state index in [1.807, 2.05) is 13.8 Å². The molecule has 9 heavy (non-hydrogen) atoms. The first-order valence-corrected chi connectivity index (χ1v) is 3.27. The van der Waals surface area contributed by atoms with Gasteiger partial charge in [0.1, 0.15) is 0 Å². The van der Waals surface area contributed by atoms with Gasteiger partial charge in [-0.15, -0.1) is 0 Å². The molecule has 1 rings (SSSR count). The fraction of sp³-hybridized carbons (Fsp3) is 0.444. The molecule has 1 aliphatic carbocycles. The maximum absolute atomic E-state index is 3.14. The van der Waals surface area contributed by atoms with Crippen molar-refractivity contribution >= 4 is 0 Å². The molecule has 0 N–H and O–H groups in total. The summed E-state index contributed by atoms with van der Waals surface area (Å²) in [7, 11) is 0. The summed E-state index contributed by atoms with van der Waals surface area (Å²) in [6, 6.07) is 0. The molecule has 1 unspecified atom stereocenters. The minimum Gasteiger partial charge on any atom is -0.0949 e. The molecule has 0 saturated carbocycles. The van der Waals surface area contributed by atoms with E-state index in [4.69, 9.17) is 0 Å². The van der Waals surface area contributed by atoms with Gasteiger partial charge in [-0.1, -0.05) is 24.0 Å². The zero-order valence-corrected chi connectivity index (χ0v) is 5.94. The molecule has 1 atom stereocenters. The molecule has 47 valence electrons. The summed E-state index contributed by atoms with van der Waals surface area (Å²) in [4.78, 5) is 0. The Morgan fingerprint density at radius 2 is 2.22 bits per heavy atom. The van der Waals surface area contributed by atoms with Gasteiger partial charge in [0, 0.05) is 11.8 Å². The molecule has 0 heteroatoms. The lowest BCUT2D eigenvalue weighted by Gasteiger charge is -2.08. The molecule has 0 aromatic rings. The van der Waals surface area contributed by atoms with Gasteiger partial charge in [-0.3, -0.25) is 0 Å². The van der Waals surface area contributed by atoms with E-state index in [-0.39, 0.29) is 0 Å². The highest BCUT2D eigenvalue weighted by Crippen LogP contribution is 2.14. The Morgan fingerprint density at radius 1 is 1.56 bits per heavy atom.